The number of nitrogens with one attached hydrogen (secondary N) is 1. The second-order valence-corrected chi connectivity index (χ2v) is 8.45. The van der Waals surface area contributed by atoms with Crippen LogP contribution in [0.2, 0.25) is 0 Å². The third-order valence-electron chi connectivity index (χ3n) is 3.65. The Morgan fingerprint density at radius 3 is 3.00 bits per heavy atom. The summed E-state index contributed by atoms with van der Waals surface area (Å²) in [4.78, 5) is 16.6. The molecule has 7 nitrogen and oxygen atoms in total. The second kappa shape index (κ2) is 8.29. The Bertz CT molecular complexity index is 1140. The minimum Gasteiger partial charge on any atom is -0.497 e. The molecule has 0 aliphatic carbocycles. The van der Waals surface area contributed by atoms with Crippen LogP contribution in [0.5, 0.6) is 5.75 Å². The predicted octanol–water partition coefficient (Wildman–Crippen LogP) is 4.85. The molecule has 2 heterocycles. The lowest BCUT2D eigenvalue weighted by Crippen LogP contribution is -2.13. The van der Waals surface area contributed by atoms with E-state index in [1.54, 1.807) is 7.11 Å². The molecule has 0 fully saturated rings. The lowest BCUT2D eigenvalue weighted by atomic mass is 10.2. The van der Waals surface area contributed by atoms with Gasteiger partial charge < -0.3 is 14.5 Å². The molecule has 0 saturated heterocycles. The normalized spacial score (nSPS) is 10.9. The quantitative estimate of drug-likeness (QED) is 0.397. The molecule has 0 radical (unpaired) electrons. The number of amides is 1. The Hall–Kier alpha value is -2.43. The Labute approximate surface area is 176 Å². The zero-order chi connectivity index (χ0) is 19.5. The molecule has 1 N–H and O–H groups in total. The van der Waals surface area contributed by atoms with Crippen molar-refractivity contribution in [2.45, 2.75) is 5.22 Å². The fraction of sp³-hybridized carbons (Fsp3) is 0.111. The number of aromatic nitrogens is 3. The molecule has 0 unspecified atom stereocenters. The number of ether oxygens (including phenoxy) is 1. The van der Waals surface area contributed by atoms with E-state index in [0.29, 0.717) is 16.2 Å². The van der Waals surface area contributed by atoms with Gasteiger partial charge in [0.05, 0.1) is 23.1 Å². The van der Waals surface area contributed by atoms with Gasteiger partial charge in [-0.3, -0.25) is 4.79 Å². The number of carbonyl (C=O) groups is 1. The van der Waals surface area contributed by atoms with Crippen molar-refractivity contribution in [1.29, 1.82) is 0 Å². The minimum absolute atomic E-state index is 0.138. The summed E-state index contributed by atoms with van der Waals surface area (Å²) in [6, 6.07) is 13.1. The molecular formula is C18H13BrN4O3S2. The van der Waals surface area contributed by atoms with E-state index >= 15 is 0 Å². The van der Waals surface area contributed by atoms with Crippen molar-refractivity contribution >= 4 is 60.3 Å². The fourth-order valence-corrected chi connectivity index (χ4v) is 4.25. The first-order chi connectivity index (χ1) is 13.6. The largest absolute Gasteiger partial charge is 0.497 e. The molecule has 2 aromatic carbocycles. The van der Waals surface area contributed by atoms with Crippen LogP contribution in [0.4, 0.5) is 5.13 Å². The average Bonchev–Trinajstić information content (AvgIpc) is 3.32. The first-order valence-electron chi connectivity index (χ1n) is 8.07. The Balaban J connectivity index is 1.37. The molecule has 0 aliphatic heterocycles. The highest BCUT2D eigenvalue weighted by Gasteiger charge is 2.13. The van der Waals surface area contributed by atoms with Crippen LogP contribution in [-0.2, 0) is 4.79 Å². The van der Waals surface area contributed by atoms with Crippen LogP contribution >= 0.6 is 39.0 Å². The summed E-state index contributed by atoms with van der Waals surface area (Å²) in [6.07, 6.45) is 0. The zero-order valence-corrected chi connectivity index (χ0v) is 17.7. The number of halogens is 1. The number of benzene rings is 2. The summed E-state index contributed by atoms with van der Waals surface area (Å²) in [5.74, 6) is 1.10. The van der Waals surface area contributed by atoms with Gasteiger partial charge in [0, 0.05) is 10.0 Å². The Morgan fingerprint density at radius 1 is 1.29 bits per heavy atom. The lowest BCUT2D eigenvalue weighted by molar-refractivity contribution is -0.113. The summed E-state index contributed by atoms with van der Waals surface area (Å²) in [6.45, 7) is 0. The molecular weight excluding hydrogens is 464 g/mol. The number of thiazole rings is 1. The number of hydrogen-bond acceptors (Lipinski definition) is 8. The first-order valence-corrected chi connectivity index (χ1v) is 10.7. The van der Waals surface area contributed by atoms with Gasteiger partial charge >= 0.3 is 0 Å². The van der Waals surface area contributed by atoms with E-state index in [0.717, 1.165) is 26.0 Å². The SMILES string of the molecule is COc1ccc2nc(NC(=O)CSc3nnc(-c4cccc(Br)c4)o3)sc2c1. The van der Waals surface area contributed by atoms with E-state index in [4.69, 9.17) is 9.15 Å². The topological polar surface area (TPSA) is 90.1 Å². The zero-order valence-electron chi connectivity index (χ0n) is 14.5. The van der Waals surface area contributed by atoms with Crippen molar-refractivity contribution in [2.75, 3.05) is 18.2 Å². The summed E-state index contributed by atoms with van der Waals surface area (Å²) in [7, 11) is 1.61. The maximum Gasteiger partial charge on any atom is 0.277 e. The van der Waals surface area contributed by atoms with Gasteiger partial charge in [-0.15, -0.1) is 10.2 Å². The third kappa shape index (κ3) is 4.34. The van der Waals surface area contributed by atoms with Crippen LogP contribution < -0.4 is 10.1 Å². The lowest BCUT2D eigenvalue weighted by Gasteiger charge is -1.98. The smallest absolute Gasteiger partial charge is 0.277 e. The van der Waals surface area contributed by atoms with Gasteiger partial charge in [-0.2, -0.15) is 0 Å². The number of nitrogens with zero attached hydrogens (tertiary/aromatic N) is 3. The van der Waals surface area contributed by atoms with Gasteiger partial charge in [-0.05, 0) is 36.4 Å². The van der Waals surface area contributed by atoms with Crippen LogP contribution in [0, 0.1) is 0 Å². The van der Waals surface area contributed by atoms with E-state index < -0.39 is 0 Å². The molecule has 4 rings (SSSR count). The van der Waals surface area contributed by atoms with Crippen LogP contribution in [0.1, 0.15) is 0 Å². The number of thioether (sulfide) groups is 1. The first kappa shape index (κ1) is 18.9. The van der Waals surface area contributed by atoms with Crippen molar-refractivity contribution < 1.29 is 13.9 Å². The van der Waals surface area contributed by atoms with E-state index in [2.05, 4.69) is 36.4 Å². The number of fused-ring (bicyclic) bond motifs is 1. The van der Waals surface area contributed by atoms with Crippen LogP contribution in [0.25, 0.3) is 21.7 Å². The highest BCUT2D eigenvalue weighted by atomic mass is 79.9. The number of rotatable bonds is 6. The Kier molecular flexibility index (Phi) is 5.60. The highest BCUT2D eigenvalue weighted by Crippen LogP contribution is 2.30. The number of hydrogen-bond donors (Lipinski definition) is 1. The van der Waals surface area contributed by atoms with Gasteiger partial charge in [0.2, 0.25) is 11.8 Å². The van der Waals surface area contributed by atoms with Crippen molar-refractivity contribution in [3.63, 3.8) is 0 Å². The summed E-state index contributed by atoms with van der Waals surface area (Å²) in [5, 5.41) is 11.7. The molecule has 0 spiro atoms. The fourth-order valence-electron chi connectivity index (χ4n) is 2.37. The number of methoxy groups -OCH3 is 1. The van der Waals surface area contributed by atoms with Crippen molar-refractivity contribution in [3.05, 3.63) is 46.9 Å². The third-order valence-corrected chi connectivity index (χ3v) is 5.89. The second-order valence-electron chi connectivity index (χ2n) is 5.57. The molecule has 2 aromatic heterocycles. The number of carbonyl (C=O) groups excluding carboxylic acids is 1. The highest BCUT2D eigenvalue weighted by molar-refractivity contribution is 9.10. The maximum atomic E-state index is 12.2. The molecule has 28 heavy (non-hydrogen) atoms. The Morgan fingerprint density at radius 2 is 2.18 bits per heavy atom. The maximum absolute atomic E-state index is 12.2. The monoisotopic (exact) mass is 476 g/mol. The van der Waals surface area contributed by atoms with Gasteiger partial charge in [0.25, 0.3) is 5.22 Å². The molecule has 4 aromatic rings. The van der Waals surface area contributed by atoms with Gasteiger partial charge in [0.15, 0.2) is 5.13 Å². The van der Waals surface area contributed by atoms with Crippen LogP contribution in [0.15, 0.2) is 56.6 Å². The minimum atomic E-state index is -0.196. The van der Waals surface area contributed by atoms with Gasteiger partial charge in [-0.1, -0.05) is 45.1 Å². The predicted molar refractivity (Wildman–Crippen MR) is 113 cm³/mol. The summed E-state index contributed by atoms with van der Waals surface area (Å²) in [5.41, 5.74) is 1.62. The number of anilines is 1. The molecule has 0 aliphatic rings. The van der Waals surface area contributed by atoms with Crippen molar-refractivity contribution in [3.8, 4) is 17.2 Å². The van der Waals surface area contributed by atoms with Gasteiger partial charge in [0.1, 0.15) is 5.75 Å². The van der Waals surface area contributed by atoms with Crippen molar-refractivity contribution in [1.82, 2.24) is 15.2 Å². The van der Waals surface area contributed by atoms with E-state index in [9.17, 15) is 4.79 Å². The molecule has 0 bridgehead atoms. The van der Waals surface area contributed by atoms with E-state index in [1.807, 2.05) is 42.5 Å². The van der Waals surface area contributed by atoms with E-state index in [-0.39, 0.29) is 11.7 Å². The van der Waals surface area contributed by atoms with Crippen LogP contribution in [-0.4, -0.2) is 34.0 Å². The van der Waals surface area contributed by atoms with E-state index in [1.165, 1.54) is 23.1 Å². The molecule has 142 valence electrons. The summed E-state index contributed by atoms with van der Waals surface area (Å²) >= 11 is 5.97. The van der Waals surface area contributed by atoms with Crippen molar-refractivity contribution in [2.24, 2.45) is 0 Å². The molecule has 1 amide bonds. The summed E-state index contributed by atoms with van der Waals surface area (Å²) < 4.78 is 12.7. The van der Waals surface area contributed by atoms with Crippen LogP contribution in [0.3, 0.4) is 0 Å². The molecule has 10 heteroatoms. The molecule has 0 saturated carbocycles. The van der Waals surface area contributed by atoms with Gasteiger partial charge in [-0.25, -0.2) is 4.98 Å². The average molecular weight is 477 g/mol. The standard InChI is InChI=1S/C18H13BrN4O3S2/c1-25-12-5-6-13-14(8-12)28-17(20-13)21-15(24)9-27-18-23-22-16(26-18)10-3-2-4-11(19)7-10/h2-8H,9H2,1H3,(H,20,21,24). The molecule has 0 atom stereocenters.